The van der Waals surface area contributed by atoms with Gasteiger partial charge >= 0.3 is 0 Å². The number of hydrogen-bond donors (Lipinski definition) is 1. The van der Waals surface area contributed by atoms with E-state index in [4.69, 9.17) is 0 Å². The molecule has 0 spiro atoms. The van der Waals surface area contributed by atoms with E-state index in [9.17, 15) is 5.21 Å². The van der Waals surface area contributed by atoms with E-state index in [2.05, 4.69) is 11.9 Å². The molecule has 80 valence electrons. The van der Waals surface area contributed by atoms with Gasteiger partial charge in [-0.15, -0.1) is 0 Å². The number of nitrogens with zero attached hydrogens (tertiary/aromatic N) is 1. The Morgan fingerprint density at radius 1 is 1.47 bits per heavy atom. The smallest absolute Gasteiger partial charge is 0.173 e. The van der Waals surface area contributed by atoms with Crippen molar-refractivity contribution in [3.8, 4) is 0 Å². The van der Waals surface area contributed by atoms with Crippen LogP contribution in [-0.2, 0) is 0 Å². The van der Waals surface area contributed by atoms with Gasteiger partial charge in [-0.1, -0.05) is 30.3 Å². The Morgan fingerprint density at radius 3 is 2.73 bits per heavy atom. The quantitative estimate of drug-likeness (QED) is 0.591. The number of benzene rings is 1. The van der Waals surface area contributed by atoms with Crippen molar-refractivity contribution in [1.82, 2.24) is 5.32 Å². The number of allylic oxidation sites excluding steroid dienone is 1. The summed E-state index contributed by atoms with van der Waals surface area (Å²) in [6, 6.07) is 9.84. The van der Waals surface area contributed by atoms with Gasteiger partial charge in [0.05, 0.1) is 18.8 Å². The maximum Gasteiger partial charge on any atom is 0.173 e. The molecule has 0 aromatic heterocycles. The Hall–Kier alpha value is -1.16. The Morgan fingerprint density at radius 2 is 2.13 bits per heavy atom. The van der Waals surface area contributed by atoms with E-state index in [1.54, 1.807) is 6.92 Å². The van der Waals surface area contributed by atoms with E-state index in [-0.39, 0.29) is 10.8 Å². The average molecular weight is 204 g/mol. The number of nitrogens with one attached hydrogen (secondary N) is 1. The summed E-state index contributed by atoms with van der Waals surface area (Å²) < 4.78 is -0.343. The molecule has 3 nitrogen and oxygen atoms in total. The second kappa shape index (κ2) is 3.77. The number of rotatable bonds is 2. The third-order valence-electron chi connectivity index (χ3n) is 2.96. The molecule has 2 unspecified atom stereocenters. The lowest BCUT2D eigenvalue weighted by Gasteiger charge is -2.43. The second-order valence-electron chi connectivity index (χ2n) is 4.02. The molecule has 1 saturated heterocycles. The van der Waals surface area contributed by atoms with Crippen molar-refractivity contribution < 1.29 is 4.65 Å². The molecule has 1 aromatic rings. The molecule has 15 heavy (non-hydrogen) atoms. The average Bonchev–Trinajstić information content (AvgIpc) is 2.63. The van der Waals surface area contributed by atoms with Gasteiger partial charge in [-0.2, -0.15) is 0 Å². The van der Waals surface area contributed by atoms with Crippen molar-refractivity contribution in [3.05, 3.63) is 53.4 Å². The van der Waals surface area contributed by atoms with Crippen LogP contribution >= 0.6 is 0 Å². The van der Waals surface area contributed by atoms with Crippen molar-refractivity contribution in [3.63, 3.8) is 0 Å². The van der Waals surface area contributed by atoms with Gasteiger partial charge in [-0.3, -0.25) is 5.32 Å². The normalized spacial score (nSPS) is 30.4. The van der Waals surface area contributed by atoms with E-state index in [0.717, 1.165) is 12.1 Å². The second-order valence-corrected chi connectivity index (χ2v) is 4.02. The topological polar surface area (TPSA) is 35.1 Å². The molecular formula is C12H16N2O. The van der Waals surface area contributed by atoms with Crippen LogP contribution < -0.4 is 5.32 Å². The van der Waals surface area contributed by atoms with Crippen molar-refractivity contribution in [1.29, 1.82) is 0 Å². The van der Waals surface area contributed by atoms with Crippen molar-refractivity contribution in [2.45, 2.75) is 13.1 Å². The maximum atomic E-state index is 12.5. The van der Waals surface area contributed by atoms with E-state index >= 15 is 0 Å². The summed E-state index contributed by atoms with van der Waals surface area (Å²) >= 11 is 0. The van der Waals surface area contributed by atoms with Crippen LogP contribution in [0.1, 0.15) is 18.7 Å². The molecule has 2 rings (SSSR count). The fourth-order valence-corrected chi connectivity index (χ4v) is 2.05. The highest BCUT2D eigenvalue weighted by Crippen LogP contribution is 2.32. The van der Waals surface area contributed by atoms with E-state index in [0.29, 0.717) is 12.2 Å². The van der Waals surface area contributed by atoms with Crippen molar-refractivity contribution in [2.24, 2.45) is 0 Å². The van der Waals surface area contributed by atoms with Crippen LogP contribution in [0.2, 0.25) is 0 Å². The molecule has 1 aliphatic rings. The van der Waals surface area contributed by atoms with Crippen molar-refractivity contribution in [2.75, 3.05) is 13.1 Å². The summed E-state index contributed by atoms with van der Waals surface area (Å²) in [5.41, 5.74) is 1.70. The molecule has 0 amide bonds. The fraction of sp³-hybridized carbons (Fsp3) is 0.333. The van der Waals surface area contributed by atoms with Gasteiger partial charge in [0.1, 0.15) is 0 Å². The van der Waals surface area contributed by atoms with Crippen molar-refractivity contribution >= 4 is 0 Å². The van der Waals surface area contributed by atoms with E-state index < -0.39 is 0 Å². The van der Waals surface area contributed by atoms with Gasteiger partial charge in [0, 0.05) is 12.5 Å². The molecule has 1 aromatic carbocycles. The van der Waals surface area contributed by atoms with Crippen LogP contribution in [0.4, 0.5) is 0 Å². The molecule has 0 saturated carbocycles. The maximum absolute atomic E-state index is 12.5. The zero-order valence-corrected chi connectivity index (χ0v) is 8.94. The number of hydrogen-bond acceptors (Lipinski definition) is 2. The molecule has 1 fully saturated rings. The molecule has 1 N–H and O–H groups in total. The summed E-state index contributed by atoms with van der Waals surface area (Å²) in [5, 5.41) is 15.8. The van der Waals surface area contributed by atoms with E-state index in [1.807, 2.05) is 30.3 Å². The molecule has 0 aliphatic carbocycles. The van der Waals surface area contributed by atoms with Crippen LogP contribution in [0, 0.1) is 5.21 Å². The zero-order valence-electron chi connectivity index (χ0n) is 8.94. The Kier molecular flexibility index (Phi) is 2.61. The monoisotopic (exact) mass is 204 g/mol. The first kappa shape index (κ1) is 10.4. The molecule has 0 radical (unpaired) electrons. The zero-order chi connectivity index (χ0) is 10.9. The first-order valence-electron chi connectivity index (χ1n) is 5.18. The van der Waals surface area contributed by atoms with Gasteiger partial charge in [-0.05, 0) is 6.58 Å². The molecule has 2 atom stereocenters. The summed E-state index contributed by atoms with van der Waals surface area (Å²) in [7, 11) is 0. The lowest BCUT2D eigenvalue weighted by atomic mass is 10.1. The lowest BCUT2D eigenvalue weighted by Crippen LogP contribution is -2.41. The Bertz CT molecular complexity index is 363. The van der Waals surface area contributed by atoms with Crippen LogP contribution in [0.3, 0.4) is 0 Å². The summed E-state index contributed by atoms with van der Waals surface area (Å²) in [6.07, 6.45) is -0.191. The van der Waals surface area contributed by atoms with Gasteiger partial charge in [0.15, 0.2) is 6.17 Å². The minimum Gasteiger partial charge on any atom is -0.626 e. The molecule has 0 bridgehead atoms. The lowest BCUT2D eigenvalue weighted by molar-refractivity contribution is -0.862. The molecular weight excluding hydrogens is 188 g/mol. The van der Waals surface area contributed by atoms with E-state index in [1.165, 1.54) is 0 Å². The van der Waals surface area contributed by atoms with Crippen LogP contribution in [0.15, 0.2) is 42.6 Å². The third-order valence-corrected chi connectivity index (χ3v) is 2.96. The number of quaternary nitrogens is 1. The summed E-state index contributed by atoms with van der Waals surface area (Å²) in [6.45, 7) is 6.92. The van der Waals surface area contributed by atoms with Crippen LogP contribution in [0.25, 0.3) is 0 Å². The minimum absolute atomic E-state index is 0.191. The highest BCUT2D eigenvalue weighted by Gasteiger charge is 2.36. The van der Waals surface area contributed by atoms with Crippen LogP contribution in [-0.4, -0.2) is 17.7 Å². The molecule has 1 aliphatic heterocycles. The van der Waals surface area contributed by atoms with Gasteiger partial charge in [-0.25, -0.2) is 0 Å². The highest BCUT2D eigenvalue weighted by molar-refractivity contribution is 5.18. The Labute approximate surface area is 90.2 Å². The fourth-order valence-electron chi connectivity index (χ4n) is 2.05. The molecule has 1 heterocycles. The molecule has 3 heteroatoms. The predicted octanol–water partition coefficient (Wildman–Crippen LogP) is 2.14. The van der Waals surface area contributed by atoms with Gasteiger partial charge in [0.25, 0.3) is 0 Å². The first-order valence-corrected chi connectivity index (χ1v) is 5.18. The summed E-state index contributed by atoms with van der Waals surface area (Å²) in [4.78, 5) is 0. The predicted molar refractivity (Wildman–Crippen MR) is 60.5 cm³/mol. The minimum atomic E-state index is -0.343. The number of hydroxylamine groups is 3. The Balaban J connectivity index is 2.34. The standard InChI is InChI=1S/C12H16N2O/c1-10(2)14(15)9-8-13-12(14)11-6-4-3-5-7-11/h3-7,12-13H,1,8-9H2,2H3. The highest BCUT2D eigenvalue weighted by atomic mass is 16.6. The largest absolute Gasteiger partial charge is 0.626 e. The SMILES string of the molecule is C=C(C)[N+]1([O-])CCNC1c1ccccc1. The summed E-state index contributed by atoms with van der Waals surface area (Å²) in [5.74, 6) is 0. The van der Waals surface area contributed by atoms with Gasteiger partial charge in [0.2, 0.25) is 0 Å². The first-order chi connectivity index (χ1) is 7.14. The van der Waals surface area contributed by atoms with Gasteiger partial charge < -0.3 is 9.85 Å². The third kappa shape index (κ3) is 1.69. The van der Waals surface area contributed by atoms with Crippen LogP contribution in [0.5, 0.6) is 0 Å².